The lowest BCUT2D eigenvalue weighted by Gasteiger charge is -2.16. The maximum absolute atomic E-state index is 4.35. The summed E-state index contributed by atoms with van der Waals surface area (Å²) in [5.41, 5.74) is 12.1. The lowest BCUT2D eigenvalue weighted by Crippen LogP contribution is -1.97. The van der Waals surface area contributed by atoms with Gasteiger partial charge in [-0.15, -0.1) is 0 Å². The molecule has 1 aromatic rings. The van der Waals surface area contributed by atoms with Gasteiger partial charge in [0.15, 0.2) is 0 Å². The van der Waals surface area contributed by atoms with E-state index in [9.17, 15) is 0 Å². The van der Waals surface area contributed by atoms with Gasteiger partial charge in [-0.1, -0.05) is 48.1 Å². The molecule has 0 aromatic heterocycles. The Bertz CT molecular complexity index is 678. The number of rotatable bonds is 6. The van der Waals surface area contributed by atoms with Gasteiger partial charge in [0.05, 0.1) is 0 Å². The lowest BCUT2D eigenvalue weighted by atomic mass is 9.89. The Balaban J connectivity index is 2.94. The second-order valence-corrected chi connectivity index (χ2v) is 6.78. The van der Waals surface area contributed by atoms with Crippen LogP contribution < -0.4 is 0 Å². The van der Waals surface area contributed by atoms with Crippen molar-refractivity contribution in [3.05, 3.63) is 75.9 Å². The molecule has 0 N–H and O–H groups in total. The van der Waals surface area contributed by atoms with Gasteiger partial charge in [-0.05, 0) is 94.7 Å². The van der Waals surface area contributed by atoms with Crippen molar-refractivity contribution in [2.75, 3.05) is 0 Å². The molecule has 0 radical (unpaired) electrons. The molecule has 0 unspecified atom stereocenters. The van der Waals surface area contributed by atoms with Gasteiger partial charge in [-0.3, -0.25) is 0 Å². The average molecular weight is 309 g/mol. The van der Waals surface area contributed by atoms with Crippen LogP contribution in [0.3, 0.4) is 0 Å². The first kappa shape index (κ1) is 19.2. The fourth-order valence-electron chi connectivity index (χ4n) is 2.77. The van der Waals surface area contributed by atoms with Crippen molar-refractivity contribution >= 4 is 5.57 Å². The third kappa shape index (κ3) is 4.82. The van der Waals surface area contributed by atoms with E-state index in [1.807, 2.05) is 6.08 Å². The van der Waals surface area contributed by atoms with Crippen LogP contribution in [-0.2, 0) is 0 Å². The molecule has 0 saturated heterocycles. The molecule has 1 rings (SSSR count). The minimum Gasteiger partial charge on any atom is -0.0988 e. The molecular weight excluding hydrogens is 276 g/mol. The third-order valence-corrected chi connectivity index (χ3v) is 5.10. The fourth-order valence-corrected chi connectivity index (χ4v) is 2.77. The van der Waals surface area contributed by atoms with E-state index in [2.05, 4.69) is 73.8 Å². The van der Waals surface area contributed by atoms with E-state index in [1.54, 1.807) is 0 Å². The highest BCUT2D eigenvalue weighted by Gasteiger charge is 2.10. The van der Waals surface area contributed by atoms with Crippen molar-refractivity contribution in [2.45, 2.75) is 61.3 Å². The number of aryl methyl sites for hydroxylation is 1. The highest BCUT2D eigenvalue weighted by molar-refractivity contribution is 5.69. The molecule has 0 fully saturated rings. The summed E-state index contributed by atoms with van der Waals surface area (Å²) in [6.45, 7) is 23.5. The van der Waals surface area contributed by atoms with Crippen LogP contribution in [0.4, 0.5) is 0 Å². The highest BCUT2D eigenvalue weighted by Crippen LogP contribution is 2.29. The zero-order valence-corrected chi connectivity index (χ0v) is 16.1. The Morgan fingerprint density at radius 2 is 1.57 bits per heavy atom. The number of allylic oxidation sites excluding steroid dienone is 6. The molecule has 0 amide bonds. The minimum atomic E-state index is 1.01. The zero-order valence-electron chi connectivity index (χ0n) is 16.1. The van der Waals surface area contributed by atoms with Crippen LogP contribution in [0.2, 0.25) is 0 Å². The molecule has 0 atom stereocenters. The van der Waals surface area contributed by atoms with Crippen molar-refractivity contribution in [3.8, 4) is 0 Å². The van der Waals surface area contributed by atoms with Gasteiger partial charge in [0.2, 0.25) is 0 Å². The topological polar surface area (TPSA) is 0 Å². The smallest absolute Gasteiger partial charge is 0.0196 e. The van der Waals surface area contributed by atoms with Crippen LogP contribution >= 0.6 is 0 Å². The molecule has 0 heteroatoms. The van der Waals surface area contributed by atoms with Crippen molar-refractivity contribution in [1.82, 2.24) is 0 Å². The molecule has 0 heterocycles. The quantitative estimate of drug-likeness (QED) is 0.488. The Morgan fingerprint density at radius 3 is 2.13 bits per heavy atom. The summed E-state index contributed by atoms with van der Waals surface area (Å²) < 4.78 is 0. The molecule has 0 nitrogen and oxygen atoms in total. The van der Waals surface area contributed by atoms with E-state index in [1.165, 1.54) is 50.1 Å². The van der Waals surface area contributed by atoms with Crippen LogP contribution in [0.15, 0.2) is 48.1 Å². The maximum Gasteiger partial charge on any atom is -0.0196 e. The van der Waals surface area contributed by atoms with Crippen molar-refractivity contribution in [2.24, 2.45) is 0 Å². The molecule has 0 aliphatic carbocycles. The van der Waals surface area contributed by atoms with Crippen molar-refractivity contribution < 1.29 is 0 Å². The van der Waals surface area contributed by atoms with Crippen LogP contribution in [0, 0.1) is 27.7 Å². The summed E-state index contributed by atoms with van der Waals surface area (Å²) in [4.78, 5) is 0. The number of benzene rings is 1. The summed E-state index contributed by atoms with van der Waals surface area (Å²) in [7, 11) is 0. The van der Waals surface area contributed by atoms with Gasteiger partial charge in [-0.25, -0.2) is 0 Å². The van der Waals surface area contributed by atoms with E-state index in [0.717, 1.165) is 12.8 Å². The molecule has 0 aliphatic rings. The van der Waals surface area contributed by atoms with Gasteiger partial charge < -0.3 is 0 Å². The first-order valence-electron chi connectivity index (χ1n) is 8.41. The van der Waals surface area contributed by atoms with E-state index in [-0.39, 0.29) is 0 Å². The predicted octanol–water partition coefficient (Wildman–Crippen LogP) is 7.18. The first-order chi connectivity index (χ1) is 10.7. The second kappa shape index (κ2) is 8.15. The van der Waals surface area contributed by atoms with Crippen LogP contribution in [0.5, 0.6) is 0 Å². The predicted molar refractivity (Wildman–Crippen MR) is 106 cm³/mol. The third-order valence-electron chi connectivity index (χ3n) is 5.10. The molecule has 0 bridgehead atoms. The van der Waals surface area contributed by atoms with Gasteiger partial charge >= 0.3 is 0 Å². The van der Waals surface area contributed by atoms with Gasteiger partial charge in [0.1, 0.15) is 0 Å². The SMILES string of the molecule is C=C/C(C)=C\C(C)=C(/C)CCC(=C)c1cc(C)c(C)c(C)c1C. The molecule has 23 heavy (non-hydrogen) atoms. The molecule has 0 aliphatic heterocycles. The number of hydrogen-bond acceptors (Lipinski definition) is 0. The minimum absolute atomic E-state index is 1.01. The Morgan fingerprint density at radius 1 is 0.957 bits per heavy atom. The van der Waals surface area contributed by atoms with E-state index >= 15 is 0 Å². The highest BCUT2D eigenvalue weighted by atomic mass is 14.1. The second-order valence-electron chi connectivity index (χ2n) is 6.78. The molecule has 1 aromatic carbocycles. The van der Waals surface area contributed by atoms with E-state index in [0.29, 0.717) is 0 Å². The van der Waals surface area contributed by atoms with Gasteiger partial charge in [-0.2, -0.15) is 0 Å². The monoisotopic (exact) mass is 308 g/mol. The summed E-state index contributed by atoms with van der Waals surface area (Å²) in [6.07, 6.45) is 6.16. The molecule has 124 valence electrons. The van der Waals surface area contributed by atoms with Gasteiger partial charge in [0, 0.05) is 0 Å². The molecular formula is C23H32. The number of hydrogen-bond donors (Lipinski definition) is 0. The molecule has 0 saturated carbocycles. The summed E-state index contributed by atoms with van der Waals surface area (Å²) in [5.74, 6) is 0. The van der Waals surface area contributed by atoms with Crippen LogP contribution in [-0.4, -0.2) is 0 Å². The Labute approximate surface area is 143 Å². The lowest BCUT2D eigenvalue weighted by molar-refractivity contribution is 0.973. The maximum atomic E-state index is 4.35. The Hall–Kier alpha value is -1.82. The van der Waals surface area contributed by atoms with E-state index < -0.39 is 0 Å². The zero-order chi connectivity index (χ0) is 17.7. The standard InChI is InChI=1S/C23H32/c1-10-15(2)13-18(5)16(3)11-12-17(4)23-14-19(6)20(7)21(8)22(23)9/h10,13-14H,1,4,11-12H2,2-3,5-9H3/b15-13-,18-16+. The fraction of sp³-hybridized carbons (Fsp3) is 0.391. The first-order valence-corrected chi connectivity index (χ1v) is 8.41. The molecule has 0 spiro atoms. The van der Waals surface area contributed by atoms with Crippen LogP contribution in [0.1, 0.15) is 61.4 Å². The van der Waals surface area contributed by atoms with Gasteiger partial charge in [0.25, 0.3) is 0 Å². The average Bonchev–Trinajstić information content (AvgIpc) is 2.53. The summed E-state index contributed by atoms with van der Waals surface area (Å²) in [5, 5.41) is 0. The Kier molecular flexibility index (Phi) is 6.81. The largest absolute Gasteiger partial charge is 0.0988 e. The van der Waals surface area contributed by atoms with Crippen LogP contribution in [0.25, 0.3) is 5.57 Å². The van der Waals surface area contributed by atoms with E-state index in [4.69, 9.17) is 0 Å². The summed E-state index contributed by atoms with van der Waals surface area (Å²) in [6, 6.07) is 2.30. The van der Waals surface area contributed by atoms with Crippen molar-refractivity contribution in [3.63, 3.8) is 0 Å². The van der Waals surface area contributed by atoms with Crippen molar-refractivity contribution in [1.29, 1.82) is 0 Å². The normalized spacial score (nSPS) is 12.9. The summed E-state index contributed by atoms with van der Waals surface area (Å²) >= 11 is 0.